The lowest BCUT2D eigenvalue weighted by Crippen LogP contribution is -2.25. The van der Waals surface area contributed by atoms with Gasteiger partial charge in [0.2, 0.25) is 0 Å². The molecule has 0 aromatic carbocycles. The smallest absolute Gasteiger partial charge is 0.184 e. The molecule has 0 saturated heterocycles. The Balaban J connectivity index is 2.73. The number of nitrogens with zero attached hydrogens (tertiary/aromatic N) is 1. The van der Waals surface area contributed by atoms with Crippen LogP contribution in [-0.2, 0) is 0 Å². The molecule has 0 aliphatic carbocycles. The molecule has 0 spiro atoms. The van der Waals surface area contributed by atoms with Gasteiger partial charge in [0.25, 0.3) is 0 Å². The summed E-state index contributed by atoms with van der Waals surface area (Å²) in [5.74, 6) is 0. The highest BCUT2D eigenvalue weighted by Crippen LogP contribution is 2.11. The summed E-state index contributed by atoms with van der Waals surface area (Å²) in [5, 5.41) is 6.31. The van der Waals surface area contributed by atoms with Crippen molar-refractivity contribution in [2.24, 2.45) is 10.8 Å². The summed E-state index contributed by atoms with van der Waals surface area (Å²) in [4.78, 5) is 1.14. The van der Waals surface area contributed by atoms with Crippen molar-refractivity contribution in [3.05, 3.63) is 22.4 Å². The van der Waals surface area contributed by atoms with Crippen molar-refractivity contribution in [3.63, 3.8) is 0 Å². The van der Waals surface area contributed by atoms with Gasteiger partial charge >= 0.3 is 0 Å². The number of thiocarbonyl (C=S) groups is 1. The SMILES string of the molecule is CC/C(=N\NC(N)=S)c1cccs1. The molecule has 1 aromatic rings. The van der Waals surface area contributed by atoms with E-state index in [1.165, 1.54) is 0 Å². The monoisotopic (exact) mass is 213 g/mol. The fraction of sp³-hybridized carbons (Fsp3) is 0.250. The molecular weight excluding hydrogens is 202 g/mol. The third kappa shape index (κ3) is 3.12. The van der Waals surface area contributed by atoms with Gasteiger partial charge in [-0.2, -0.15) is 5.10 Å². The lowest BCUT2D eigenvalue weighted by atomic mass is 10.2. The fourth-order valence-electron chi connectivity index (χ4n) is 0.874. The lowest BCUT2D eigenvalue weighted by Gasteiger charge is -2.00. The first kappa shape index (κ1) is 10.1. The van der Waals surface area contributed by atoms with Gasteiger partial charge in [-0.15, -0.1) is 11.3 Å². The first-order valence-electron chi connectivity index (χ1n) is 3.90. The van der Waals surface area contributed by atoms with Gasteiger partial charge in [-0.25, -0.2) is 0 Å². The Morgan fingerprint density at radius 1 is 1.77 bits per heavy atom. The van der Waals surface area contributed by atoms with E-state index >= 15 is 0 Å². The zero-order valence-electron chi connectivity index (χ0n) is 7.28. The molecule has 0 unspecified atom stereocenters. The second-order valence-electron chi connectivity index (χ2n) is 2.37. The van der Waals surface area contributed by atoms with Gasteiger partial charge in [-0.05, 0) is 30.1 Å². The third-order valence-corrected chi connectivity index (χ3v) is 2.45. The van der Waals surface area contributed by atoms with E-state index in [9.17, 15) is 0 Å². The maximum Gasteiger partial charge on any atom is 0.184 e. The van der Waals surface area contributed by atoms with Crippen molar-refractivity contribution in [3.8, 4) is 0 Å². The van der Waals surface area contributed by atoms with Crippen LogP contribution in [0, 0.1) is 0 Å². The van der Waals surface area contributed by atoms with Crippen LogP contribution in [0.25, 0.3) is 0 Å². The van der Waals surface area contributed by atoms with Crippen LogP contribution in [0.4, 0.5) is 0 Å². The first-order valence-corrected chi connectivity index (χ1v) is 5.18. The minimum absolute atomic E-state index is 0.197. The minimum atomic E-state index is 0.197. The Labute approximate surface area is 86.6 Å². The molecule has 0 aliphatic rings. The van der Waals surface area contributed by atoms with E-state index in [-0.39, 0.29) is 5.11 Å². The normalized spacial score (nSPS) is 11.3. The summed E-state index contributed by atoms with van der Waals surface area (Å²) in [6, 6.07) is 4.01. The van der Waals surface area contributed by atoms with Crippen LogP contribution in [0.5, 0.6) is 0 Å². The Morgan fingerprint density at radius 2 is 2.54 bits per heavy atom. The average Bonchev–Trinajstić information content (AvgIpc) is 2.58. The number of hydrogen-bond donors (Lipinski definition) is 2. The Bertz CT molecular complexity index is 303. The van der Waals surface area contributed by atoms with Crippen molar-refractivity contribution in [1.82, 2.24) is 5.43 Å². The predicted molar refractivity (Wildman–Crippen MR) is 61.1 cm³/mol. The third-order valence-electron chi connectivity index (χ3n) is 1.44. The number of rotatable bonds is 3. The van der Waals surface area contributed by atoms with E-state index in [0.717, 1.165) is 17.0 Å². The molecule has 0 bridgehead atoms. The molecule has 70 valence electrons. The Kier molecular flexibility index (Phi) is 3.85. The zero-order valence-corrected chi connectivity index (χ0v) is 8.91. The number of hydrazone groups is 1. The molecule has 3 N–H and O–H groups in total. The first-order chi connectivity index (χ1) is 6.24. The fourth-order valence-corrected chi connectivity index (χ4v) is 1.71. The topological polar surface area (TPSA) is 50.4 Å². The quantitative estimate of drug-likeness (QED) is 0.456. The van der Waals surface area contributed by atoms with E-state index in [0.29, 0.717) is 0 Å². The average molecular weight is 213 g/mol. The van der Waals surface area contributed by atoms with Crippen LogP contribution in [-0.4, -0.2) is 10.8 Å². The molecule has 0 saturated carbocycles. The minimum Gasteiger partial charge on any atom is -0.375 e. The maximum absolute atomic E-state index is 5.27. The van der Waals surface area contributed by atoms with Gasteiger partial charge in [-0.3, -0.25) is 5.43 Å². The van der Waals surface area contributed by atoms with Crippen LogP contribution in [0.1, 0.15) is 18.2 Å². The molecule has 0 fully saturated rings. The standard InChI is InChI=1S/C8H11N3S2/c1-2-6(10-11-8(9)12)7-4-3-5-13-7/h3-5H,2H2,1H3,(H3,9,11,12)/b10-6+. The van der Waals surface area contributed by atoms with Gasteiger partial charge in [0.15, 0.2) is 5.11 Å². The van der Waals surface area contributed by atoms with Gasteiger partial charge < -0.3 is 5.73 Å². The van der Waals surface area contributed by atoms with E-state index in [1.54, 1.807) is 11.3 Å². The second-order valence-corrected chi connectivity index (χ2v) is 3.75. The van der Waals surface area contributed by atoms with Gasteiger partial charge in [-0.1, -0.05) is 13.0 Å². The largest absolute Gasteiger partial charge is 0.375 e. The summed E-state index contributed by atoms with van der Waals surface area (Å²) in [5.41, 5.74) is 8.83. The molecule has 1 heterocycles. The van der Waals surface area contributed by atoms with Crippen LogP contribution < -0.4 is 11.2 Å². The van der Waals surface area contributed by atoms with Crippen molar-refractivity contribution in [2.45, 2.75) is 13.3 Å². The van der Waals surface area contributed by atoms with Gasteiger partial charge in [0.05, 0.1) is 10.6 Å². The van der Waals surface area contributed by atoms with E-state index in [2.05, 4.69) is 22.7 Å². The number of hydrogen-bond acceptors (Lipinski definition) is 3. The molecule has 5 heteroatoms. The van der Waals surface area contributed by atoms with Crippen molar-refractivity contribution in [1.29, 1.82) is 0 Å². The van der Waals surface area contributed by atoms with Gasteiger partial charge in [0.1, 0.15) is 0 Å². The number of nitrogens with two attached hydrogens (primary N) is 1. The van der Waals surface area contributed by atoms with Crippen molar-refractivity contribution < 1.29 is 0 Å². The highest BCUT2D eigenvalue weighted by molar-refractivity contribution is 7.80. The summed E-state index contributed by atoms with van der Waals surface area (Å²) >= 11 is 6.31. The van der Waals surface area contributed by atoms with Crippen LogP contribution in [0.2, 0.25) is 0 Å². The summed E-state index contributed by atoms with van der Waals surface area (Å²) in [6.07, 6.45) is 0.857. The molecule has 0 aliphatic heterocycles. The Hall–Kier alpha value is -0.940. The predicted octanol–water partition coefficient (Wildman–Crippen LogP) is 1.70. The van der Waals surface area contributed by atoms with Crippen LogP contribution in [0.3, 0.4) is 0 Å². The summed E-state index contributed by atoms with van der Waals surface area (Å²) in [7, 11) is 0. The molecule has 0 amide bonds. The van der Waals surface area contributed by atoms with Crippen molar-refractivity contribution >= 4 is 34.4 Å². The lowest BCUT2D eigenvalue weighted by molar-refractivity contribution is 1.02. The zero-order chi connectivity index (χ0) is 9.68. The highest BCUT2D eigenvalue weighted by Gasteiger charge is 2.01. The molecule has 1 aromatic heterocycles. The second kappa shape index (κ2) is 4.94. The molecular formula is C8H11N3S2. The molecule has 3 nitrogen and oxygen atoms in total. The van der Waals surface area contributed by atoms with Crippen LogP contribution >= 0.6 is 23.6 Å². The highest BCUT2D eigenvalue weighted by atomic mass is 32.1. The molecule has 0 radical (unpaired) electrons. The van der Waals surface area contributed by atoms with Crippen molar-refractivity contribution in [2.75, 3.05) is 0 Å². The molecule has 13 heavy (non-hydrogen) atoms. The molecule has 1 rings (SSSR count). The van der Waals surface area contributed by atoms with Crippen LogP contribution in [0.15, 0.2) is 22.6 Å². The number of nitrogens with one attached hydrogen (secondary N) is 1. The van der Waals surface area contributed by atoms with E-state index in [4.69, 9.17) is 5.73 Å². The summed E-state index contributed by atoms with van der Waals surface area (Å²) < 4.78 is 0. The molecule has 0 atom stereocenters. The van der Waals surface area contributed by atoms with Gasteiger partial charge in [0, 0.05) is 0 Å². The maximum atomic E-state index is 5.27. The van der Waals surface area contributed by atoms with E-state index < -0.39 is 0 Å². The summed E-state index contributed by atoms with van der Waals surface area (Å²) in [6.45, 7) is 2.04. The number of thiophene rings is 1. The van der Waals surface area contributed by atoms with E-state index in [1.807, 2.05) is 24.4 Å². The Morgan fingerprint density at radius 3 is 3.00 bits per heavy atom.